The third-order valence-electron chi connectivity index (χ3n) is 3.22. The molecule has 0 radical (unpaired) electrons. The van der Waals surface area contributed by atoms with Gasteiger partial charge in [-0.15, -0.1) is 0 Å². The standard InChI is InChI=1S/C13H16Br2N2O/c14-8-3-7(4-9(15)6-8)5-10-11(16)1-2-12(18)13(10)17/h3-6,11-13,18H,1-2,16-17H2. The van der Waals surface area contributed by atoms with Crippen molar-refractivity contribution in [1.29, 1.82) is 0 Å². The molecular formula is C13H16Br2N2O. The van der Waals surface area contributed by atoms with E-state index in [1.807, 2.05) is 24.3 Å². The molecule has 1 aromatic carbocycles. The average Bonchev–Trinajstić information content (AvgIpc) is 2.28. The van der Waals surface area contributed by atoms with E-state index in [0.717, 1.165) is 26.5 Å². The van der Waals surface area contributed by atoms with Crippen molar-refractivity contribution in [2.45, 2.75) is 31.0 Å². The minimum Gasteiger partial charge on any atom is -0.391 e. The van der Waals surface area contributed by atoms with E-state index in [9.17, 15) is 5.11 Å². The minimum atomic E-state index is -0.494. The van der Waals surface area contributed by atoms with Crippen molar-refractivity contribution >= 4 is 37.9 Å². The first-order valence-electron chi connectivity index (χ1n) is 5.84. The van der Waals surface area contributed by atoms with E-state index in [4.69, 9.17) is 11.5 Å². The summed E-state index contributed by atoms with van der Waals surface area (Å²) >= 11 is 6.90. The van der Waals surface area contributed by atoms with E-state index < -0.39 is 6.10 Å². The van der Waals surface area contributed by atoms with Crippen molar-refractivity contribution < 1.29 is 5.11 Å². The summed E-state index contributed by atoms with van der Waals surface area (Å²) in [6.45, 7) is 0. The Morgan fingerprint density at radius 2 is 1.72 bits per heavy atom. The second-order valence-corrected chi connectivity index (χ2v) is 6.46. The average molecular weight is 376 g/mol. The SMILES string of the molecule is NC1CCC(O)C(N)C1=Cc1cc(Br)cc(Br)c1. The lowest BCUT2D eigenvalue weighted by Gasteiger charge is -2.32. The second kappa shape index (κ2) is 5.84. The summed E-state index contributed by atoms with van der Waals surface area (Å²) in [6.07, 6.45) is 2.93. The molecule has 0 aliphatic heterocycles. The van der Waals surface area contributed by atoms with Crippen molar-refractivity contribution in [2.75, 3.05) is 0 Å². The van der Waals surface area contributed by atoms with Crippen LogP contribution in [0, 0.1) is 0 Å². The molecule has 5 heteroatoms. The fourth-order valence-corrected chi connectivity index (χ4v) is 3.55. The smallest absolute Gasteiger partial charge is 0.0730 e. The highest BCUT2D eigenvalue weighted by molar-refractivity contribution is 9.11. The van der Waals surface area contributed by atoms with Crippen molar-refractivity contribution in [3.8, 4) is 0 Å². The maximum Gasteiger partial charge on any atom is 0.0730 e. The summed E-state index contributed by atoms with van der Waals surface area (Å²) < 4.78 is 1.98. The van der Waals surface area contributed by atoms with Crippen LogP contribution in [0.5, 0.6) is 0 Å². The Balaban J connectivity index is 2.35. The van der Waals surface area contributed by atoms with Crippen LogP contribution < -0.4 is 11.5 Å². The van der Waals surface area contributed by atoms with E-state index in [-0.39, 0.29) is 12.1 Å². The molecule has 2 rings (SSSR count). The maximum absolute atomic E-state index is 9.81. The van der Waals surface area contributed by atoms with Crippen LogP contribution in [-0.4, -0.2) is 23.3 Å². The molecule has 98 valence electrons. The summed E-state index contributed by atoms with van der Waals surface area (Å²) in [4.78, 5) is 0. The van der Waals surface area contributed by atoms with Crippen LogP contribution in [0.2, 0.25) is 0 Å². The number of hydrogen-bond acceptors (Lipinski definition) is 3. The lowest BCUT2D eigenvalue weighted by molar-refractivity contribution is 0.126. The topological polar surface area (TPSA) is 72.3 Å². The van der Waals surface area contributed by atoms with Crippen LogP contribution in [0.4, 0.5) is 0 Å². The predicted molar refractivity (Wildman–Crippen MR) is 81.0 cm³/mol. The first-order chi connectivity index (χ1) is 8.47. The molecule has 1 aliphatic rings. The molecular weight excluding hydrogens is 360 g/mol. The van der Waals surface area contributed by atoms with Gasteiger partial charge in [-0.2, -0.15) is 0 Å². The van der Waals surface area contributed by atoms with Crippen molar-refractivity contribution in [1.82, 2.24) is 0 Å². The van der Waals surface area contributed by atoms with Crippen LogP contribution in [0.3, 0.4) is 0 Å². The van der Waals surface area contributed by atoms with Gasteiger partial charge in [0.15, 0.2) is 0 Å². The fraction of sp³-hybridized carbons (Fsp3) is 0.385. The summed E-state index contributed by atoms with van der Waals surface area (Å²) in [6, 6.07) is 5.53. The monoisotopic (exact) mass is 374 g/mol. The second-order valence-electron chi connectivity index (χ2n) is 4.62. The van der Waals surface area contributed by atoms with Crippen LogP contribution in [-0.2, 0) is 0 Å². The molecule has 3 atom stereocenters. The first-order valence-corrected chi connectivity index (χ1v) is 7.43. The highest BCUT2D eigenvalue weighted by Gasteiger charge is 2.29. The Bertz CT molecular complexity index is 456. The molecule has 5 N–H and O–H groups in total. The Labute approximate surface area is 123 Å². The fourth-order valence-electron chi connectivity index (χ4n) is 2.22. The lowest BCUT2D eigenvalue weighted by atomic mass is 9.83. The van der Waals surface area contributed by atoms with E-state index >= 15 is 0 Å². The van der Waals surface area contributed by atoms with Gasteiger partial charge in [0.1, 0.15) is 0 Å². The Kier molecular flexibility index (Phi) is 4.61. The molecule has 1 saturated carbocycles. The van der Waals surface area contributed by atoms with Crippen LogP contribution >= 0.6 is 31.9 Å². The quantitative estimate of drug-likeness (QED) is 0.705. The summed E-state index contributed by atoms with van der Waals surface area (Å²) in [5.41, 5.74) is 14.0. The highest BCUT2D eigenvalue weighted by atomic mass is 79.9. The number of hydrogen-bond donors (Lipinski definition) is 3. The van der Waals surface area contributed by atoms with Gasteiger partial charge in [0, 0.05) is 15.0 Å². The molecule has 1 fully saturated rings. The first kappa shape index (κ1) is 14.2. The number of benzene rings is 1. The van der Waals surface area contributed by atoms with Gasteiger partial charge in [-0.1, -0.05) is 37.9 Å². The maximum atomic E-state index is 9.81. The molecule has 0 spiro atoms. The number of nitrogens with two attached hydrogens (primary N) is 2. The molecule has 0 aromatic heterocycles. The van der Waals surface area contributed by atoms with Gasteiger partial charge < -0.3 is 16.6 Å². The lowest BCUT2D eigenvalue weighted by Crippen LogP contribution is -2.47. The molecule has 3 unspecified atom stereocenters. The molecule has 1 aliphatic carbocycles. The third-order valence-corrected chi connectivity index (χ3v) is 4.13. The normalized spacial score (nSPS) is 30.7. The van der Waals surface area contributed by atoms with Gasteiger partial charge in [-0.25, -0.2) is 0 Å². The van der Waals surface area contributed by atoms with E-state index in [1.54, 1.807) is 0 Å². The predicted octanol–water partition coefficient (Wildman–Crippen LogP) is 2.40. The zero-order chi connectivity index (χ0) is 13.3. The van der Waals surface area contributed by atoms with Crippen molar-refractivity contribution in [3.63, 3.8) is 0 Å². The van der Waals surface area contributed by atoms with E-state index in [0.29, 0.717) is 6.42 Å². The van der Waals surface area contributed by atoms with Gasteiger partial charge in [0.25, 0.3) is 0 Å². The molecule has 1 aromatic rings. The van der Waals surface area contributed by atoms with Crippen molar-refractivity contribution in [3.05, 3.63) is 38.3 Å². The van der Waals surface area contributed by atoms with Gasteiger partial charge in [-0.05, 0) is 42.2 Å². The van der Waals surface area contributed by atoms with Crippen LogP contribution in [0.15, 0.2) is 32.7 Å². The molecule has 0 bridgehead atoms. The Hall–Kier alpha value is -0.200. The highest BCUT2D eigenvalue weighted by Crippen LogP contribution is 2.27. The number of rotatable bonds is 1. The molecule has 0 amide bonds. The van der Waals surface area contributed by atoms with Crippen LogP contribution in [0.25, 0.3) is 6.08 Å². The largest absolute Gasteiger partial charge is 0.391 e. The Morgan fingerprint density at radius 3 is 2.33 bits per heavy atom. The minimum absolute atomic E-state index is 0.0684. The van der Waals surface area contributed by atoms with Gasteiger partial charge in [0.2, 0.25) is 0 Å². The summed E-state index contributed by atoms with van der Waals surface area (Å²) in [5.74, 6) is 0. The van der Waals surface area contributed by atoms with E-state index in [1.165, 1.54) is 0 Å². The zero-order valence-electron chi connectivity index (χ0n) is 9.81. The summed E-state index contributed by atoms with van der Waals surface area (Å²) in [5, 5.41) is 9.81. The number of halogens is 2. The van der Waals surface area contributed by atoms with Gasteiger partial charge in [-0.3, -0.25) is 0 Å². The molecule has 18 heavy (non-hydrogen) atoms. The Morgan fingerprint density at radius 1 is 1.11 bits per heavy atom. The number of aliphatic hydroxyl groups excluding tert-OH is 1. The zero-order valence-corrected chi connectivity index (χ0v) is 13.0. The molecule has 0 saturated heterocycles. The van der Waals surface area contributed by atoms with Crippen LogP contribution in [0.1, 0.15) is 18.4 Å². The van der Waals surface area contributed by atoms with Gasteiger partial charge in [0.05, 0.1) is 12.1 Å². The van der Waals surface area contributed by atoms with Crippen molar-refractivity contribution in [2.24, 2.45) is 11.5 Å². The summed E-state index contributed by atoms with van der Waals surface area (Å²) in [7, 11) is 0. The molecule has 0 heterocycles. The third kappa shape index (κ3) is 3.22. The molecule has 3 nitrogen and oxygen atoms in total. The number of aliphatic hydroxyl groups is 1. The van der Waals surface area contributed by atoms with Gasteiger partial charge >= 0.3 is 0 Å². The van der Waals surface area contributed by atoms with E-state index in [2.05, 4.69) is 31.9 Å².